The van der Waals surface area contributed by atoms with E-state index in [9.17, 15) is 0 Å². The lowest BCUT2D eigenvalue weighted by Gasteiger charge is -2.12. The van der Waals surface area contributed by atoms with Crippen LogP contribution in [0.15, 0.2) is 5.57 Å². The highest BCUT2D eigenvalue weighted by Gasteiger charge is 2.03. The van der Waals surface area contributed by atoms with Crippen molar-refractivity contribution < 1.29 is 4.84 Å². The van der Waals surface area contributed by atoms with Gasteiger partial charge in [0.1, 0.15) is 0 Å². The average Bonchev–Trinajstić information content (AvgIpc) is 2.03. The van der Waals surface area contributed by atoms with Crippen LogP contribution in [0.3, 0.4) is 0 Å². The molecule has 2 heteroatoms. The van der Waals surface area contributed by atoms with E-state index in [1.807, 2.05) is 0 Å². The smallest absolute Gasteiger partial charge is 0.0933 e. The number of nitrogens with two attached hydrogens (primary N) is 1. The first-order valence-corrected chi connectivity index (χ1v) is 3.84. The first-order chi connectivity index (χ1) is 4.93. The van der Waals surface area contributed by atoms with Crippen LogP contribution in [0.5, 0.6) is 0 Å². The van der Waals surface area contributed by atoms with Crippen molar-refractivity contribution in [1.29, 1.82) is 0 Å². The Morgan fingerprint density at radius 2 is 2.00 bits per heavy atom. The first kappa shape index (κ1) is 7.76. The molecule has 1 radical (unpaired) electrons. The lowest BCUT2D eigenvalue weighted by molar-refractivity contribution is 0.163. The van der Waals surface area contributed by atoms with E-state index in [-0.39, 0.29) is 0 Å². The van der Waals surface area contributed by atoms with Crippen LogP contribution >= 0.6 is 0 Å². The van der Waals surface area contributed by atoms with Gasteiger partial charge in [0.2, 0.25) is 0 Å². The Labute approximate surface area is 62.0 Å². The number of hydrogen-bond acceptors (Lipinski definition) is 2. The molecule has 1 aliphatic rings. The van der Waals surface area contributed by atoms with Gasteiger partial charge in [-0.05, 0) is 31.8 Å². The standard InChI is InChI=1S/C8H14NO/c9-10-7-6-8-4-2-1-3-5-8/h1-5,7,9H2. The highest BCUT2D eigenvalue weighted by molar-refractivity contribution is 4.99. The minimum absolute atomic E-state index is 0.454. The molecule has 0 aromatic rings. The Morgan fingerprint density at radius 1 is 1.30 bits per heavy atom. The molecular weight excluding hydrogens is 126 g/mol. The number of allylic oxidation sites excluding steroid dienone is 1. The van der Waals surface area contributed by atoms with Gasteiger partial charge in [0.25, 0.3) is 0 Å². The van der Waals surface area contributed by atoms with Crippen LogP contribution in [0.2, 0.25) is 0 Å². The fourth-order valence-electron chi connectivity index (χ4n) is 1.30. The predicted molar refractivity (Wildman–Crippen MR) is 40.0 cm³/mol. The molecule has 0 aromatic carbocycles. The molecule has 0 aromatic heterocycles. The quantitative estimate of drug-likeness (QED) is 0.591. The highest BCUT2D eigenvalue weighted by atomic mass is 16.6. The molecule has 0 unspecified atom stereocenters. The van der Waals surface area contributed by atoms with E-state index in [1.165, 1.54) is 37.7 Å². The summed E-state index contributed by atoms with van der Waals surface area (Å²) in [7, 11) is 0. The summed E-state index contributed by atoms with van der Waals surface area (Å²) in [5.41, 5.74) is 1.40. The zero-order valence-electron chi connectivity index (χ0n) is 6.23. The summed E-state index contributed by atoms with van der Waals surface area (Å²) in [5.74, 6) is 4.87. The Morgan fingerprint density at radius 3 is 2.60 bits per heavy atom. The van der Waals surface area contributed by atoms with Crippen molar-refractivity contribution in [2.75, 3.05) is 6.61 Å². The molecule has 0 saturated heterocycles. The van der Waals surface area contributed by atoms with Gasteiger partial charge in [0.15, 0.2) is 0 Å². The summed E-state index contributed by atoms with van der Waals surface area (Å²) < 4.78 is 0. The van der Waals surface area contributed by atoms with Crippen LogP contribution in [0.25, 0.3) is 0 Å². The van der Waals surface area contributed by atoms with Crippen molar-refractivity contribution in [1.82, 2.24) is 0 Å². The molecule has 0 spiro atoms. The molecule has 10 heavy (non-hydrogen) atoms. The molecule has 0 bridgehead atoms. The molecule has 0 heterocycles. The van der Waals surface area contributed by atoms with Crippen molar-refractivity contribution in [3.05, 3.63) is 11.6 Å². The van der Waals surface area contributed by atoms with Gasteiger partial charge in [-0.2, -0.15) is 0 Å². The molecule has 2 nitrogen and oxygen atoms in total. The molecular formula is C8H14NO. The van der Waals surface area contributed by atoms with Gasteiger partial charge >= 0.3 is 0 Å². The van der Waals surface area contributed by atoms with Gasteiger partial charge < -0.3 is 0 Å². The molecule has 1 fully saturated rings. The van der Waals surface area contributed by atoms with Crippen molar-refractivity contribution in [2.45, 2.75) is 32.1 Å². The second kappa shape index (κ2) is 4.47. The third kappa shape index (κ3) is 2.50. The van der Waals surface area contributed by atoms with Crippen molar-refractivity contribution in [3.8, 4) is 0 Å². The second-order valence-electron chi connectivity index (χ2n) is 2.65. The van der Waals surface area contributed by atoms with Crippen LogP contribution in [0, 0.1) is 6.08 Å². The van der Waals surface area contributed by atoms with E-state index in [0.717, 1.165) is 0 Å². The van der Waals surface area contributed by atoms with Gasteiger partial charge in [0, 0.05) is 0 Å². The van der Waals surface area contributed by atoms with Crippen molar-refractivity contribution in [3.63, 3.8) is 0 Å². The summed E-state index contributed by atoms with van der Waals surface area (Å²) in [4.78, 5) is 4.41. The van der Waals surface area contributed by atoms with Gasteiger partial charge in [-0.3, -0.25) is 4.84 Å². The fraction of sp³-hybridized carbons (Fsp3) is 0.750. The monoisotopic (exact) mass is 140 g/mol. The normalized spacial score (nSPS) is 19.1. The Kier molecular flexibility index (Phi) is 3.47. The largest absolute Gasteiger partial charge is 0.300 e. The Balaban J connectivity index is 2.23. The molecule has 57 valence electrons. The topological polar surface area (TPSA) is 35.2 Å². The maximum absolute atomic E-state index is 4.87. The maximum Gasteiger partial charge on any atom is 0.0933 e. The molecule has 0 atom stereocenters. The molecule has 2 N–H and O–H groups in total. The van der Waals surface area contributed by atoms with Crippen LogP contribution < -0.4 is 5.90 Å². The molecule has 1 aliphatic carbocycles. The maximum atomic E-state index is 4.87. The zero-order valence-corrected chi connectivity index (χ0v) is 6.23. The van der Waals surface area contributed by atoms with E-state index in [1.54, 1.807) is 0 Å². The first-order valence-electron chi connectivity index (χ1n) is 3.84. The van der Waals surface area contributed by atoms with Crippen molar-refractivity contribution in [2.24, 2.45) is 5.90 Å². The van der Waals surface area contributed by atoms with Gasteiger partial charge in [-0.25, -0.2) is 5.90 Å². The Hall–Kier alpha value is -0.340. The minimum Gasteiger partial charge on any atom is -0.300 e. The summed E-state index contributed by atoms with van der Waals surface area (Å²) in [6.07, 6.45) is 9.53. The second-order valence-corrected chi connectivity index (χ2v) is 2.65. The van der Waals surface area contributed by atoms with Gasteiger partial charge in [0.05, 0.1) is 6.61 Å². The summed E-state index contributed by atoms with van der Waals surface area (Å²) in [5, 5.41) is 0. The lowest BCUT2D eigenvalue weighted by Crippen LogP contribution is -2.01. The number of rotatable bonds is 2. The van der Waals surface area contributed by atoms with Gasteiger partial charge in [-0.1, -0.05) is 12.0 Å². The predicted octanol–water partition coefficient (Wildman–Crippen LogP) is 1.57. The van der Waals surface area contributed by atoms with E-state index in [2.05, 4.69) is 10.9 Å². The van der Waals surface area contributed by atoms with Crippen LogP contribution in [-0.2, 0) is 4.84 Å². The van der Waals surface area contributed by atoms with E-state index in [4.69, 9.17) is 5.90 Å². The number of hydrogen-bond donors (Lipinski definition) is 1. The lowest BCUT2D eigenvalue weighted by atomic mass is 9.95. The van der Waals surface area contributed by atoms with E-state index >= 15 is 0 Å². The van der Waals surface area contributed by atoms with Gasteiger partial charge in [-0.15, -0.1) is 0 Å². The molecule has 0 aliphatic heterocycles. The zero-order chi connectivity index (χ0) is 7.23. The van der Waals surface area contributed by atoms with Crippen molar-refractivity contribution >= 4 is 0 Å². The molecule has 1 saturated carbocycles. The van der Waals surface area contributed by atoms with Crippen LogP contribution in [-0.4, -0.2) is 6.61 Å². The average molecular weight is 140 g/mol. The highest BCUT2D eigenvalue weighted by Crippen LogP contribution is 2.21. The minimum atomic E-state index is 0.454. The molecule has 0 amide bonds. The van der Waals surface area contributed by atoms with E-state index < -0.39 is 0 Å². The third-order valence-corrected chi connectivity index (χ3v) is 1.86. The fourth-order valence-corrected chi connectivity index (χ4v) is 1.30. The molecule has 1 rings (SSSR count). The van der Waals surface area contributed by atoms with Crippen LogP contribution in [0.4, 0.5) is 0 Å². The Bertz CT molecular complexity index is 112. The van der Waals surface area contributed by atoms with Crippen LogP contribution in [0.1, 0.15) is 32.1 Å². The summed E-state index contributed by atoms with van der Waals surface area (Å²) in [6.45, 7) is 0.454. The summed E-state index contributed by atoms with van der Waals surface area (Å²) in [6, 6.07) is 0. The SMILES string of the molecule is NOC[C]=C1CCCCC1. The van der Waals surface area contributed by atoms with E-state index in [0.29, 0.717) is 6.61 Å². The summed E-state index contributed by atoms with van der Waals surface area (Å²) >= 11 is 0. The third-order valence-electron chi connectivity index (χ3n) is 1.86.